The maximum Gasteiger partial charge on any atom is 0.243 e. The van der Waals surface area contributed by atoms with Gasteiger partial charge in [0.25, 0.3) is 0 Å². The van der Waals surface area contributed by atoms with Crippen LogP contribution in [0.3, 0.4) is 0 Å². The fourth-order valence-corrected chi connectivity index (χ4v) is 3.76. The molecule has 2 heterocycles. The summed E-state index contributed by atoms with van der Waals surface area (Å²) in [6.45, 7) is 1.66. The van der Waals surface area contributed by atoms with Crippen molar-refractivity contribution >= 4 is 33.3 Å². The molecule has 0 amide bonds. The van der Waals surface area contributed by atoms with Crippen LogP contribution in [0, 0.1) is 4.77 Å². The molecule has 102 valence electrons. The zero-order chi connectivity index (χ0) is 13.5. The summed E-state index contributed by atoms with van der Waals surface area (Å²) < 4.78 is 32.0. The van der Waals surface area contributed by atoms with E-state index < -0.39 is 10.0 Å². The van der Waals surface area contributed by atoms with E-state index in [1.54, 1.807) is 18.2 Å². The van der Waals surface area contributed by atoms with E-state index in [1.165, 1.54) is 4.31 Å². The highest BCUT2D eigenvalue weighted by Gasteiger charge is 2.26. The van der Waals surface area contributed by atoms with Gasteiger partial charge in [-0.1, -0.05) is 0 Å². The number of ether oxygens (including phenoxy) is 1. The molecule has 1 aliphatic rings. The molecular formula is C11H13N3O3S2. The van der Waals surface area contributed by atoms with Crippen LogP contribution < -0.4 is 0 Å². The smallest absolute Gasteiger partial charge is 0.243 e. The standard InChI is InChI=1S/C11H13N3O3S2/c15-19(16,14-3-5-17-6-4-14)8-1-2-9-10(7-8)13-11(18)12-9/h1-2,7H,3-6H2,(H2,12,13,18). The molecule has 1 saturated heterocycles. The number of aromatic nitrogens is 2. The van der Waals surface area contributed by atoms with Gasteiger partial charge in [-0.05, 0) is 30.4 Å². The van der Waals surface area contributed by atoms with Crippen LogP contribution in [0.2, 0.25) is 0 Å². The molecule has 0 spiro atoms. The number of nitrogens with zero attached hydrogens (tertiary/aromatic N) is 1. The van der Waals surface area contributed by atoms with Crippen molar-refractivity contribution in [2.24, 2.45) is 0 Å². The quantitative estimate of drug-likeness (QED) is 0.818. The number of hydrogen-bond acceptors (Lipinski definition) is 4. The van der Waals surface area contributed by atoms with Crippen molar-refractivity contribution in [3.05, 3.63) is 23.0 Å². The third-order valence-electron chi connectivity index (χ3n) is 3.10. The third-order valence-corrected chi connectivity index (χ3v) is 5.19. The monoisotopic (exact) mass is 299 g/mol. The van der Waals surface area contributed by atoms with E-state index in [4.69, 9.17) is 17.0 Å². The zero-order valence-electron chi connectivity index (χ0n) is 10.0. The molecule has 0 unspecified atom stereocenters. The Kier molecular flexibility index (Phi) is 3.17. The number of hydrogen-bond donors (Lipinski definition) is 2. The molecule has 3 rings (SSSR count). The highest BCUT2D eigenvalue weighted by Crippen LogP contribution is 2.20. The molecule has 0 radical (unpaired) electrons. The number of morpholine rings is 1. The van der Waals surface area contributed by atoms with Crippen molar-refractivity contribution in [1.82, 2.24) is 14.3 Å². The van der Waals surface area contributed by atoms with Crippen LogP contribution >= 0.6 is 12.2 Å². The second kappa shape index (κ2) is 4.71. The van der Waals surface area contributed by atoms with Gasteiger partial charge in [-0.15, -0.1) is 0 Å². The maximum absolute atomic E-state index is 12.5. The first-order chi connectivity index (χ1) is 9.07. The molecular weight excluding hydrogens is 286 g/mol. The van der Waals surface area contributed by atoms with E-state index in [9.17, 15) is 8.42 Å². The number of sulfonamides is 1. The van der Waals surface area contributed by atoms with Gasteiger partial charge in [0.2, 0.25) is 10.0 Å². The van der Waals surface area contributed by atoms with Crippen molar-refractivity contribution in [2.75, 3.05) is 26.3 Å². The van der Waals surface area contributed by atoms with Crippen LogP contribution in [-0.2, 0) is 14.8 Å². The first-order valence-corrected chi connectivity index (χ1v) is 7.72. The van der Waals surface area contributed by atoms with E-state index in [0.29, 0.717) is 36.6 Å². The van der Waals surface area contributed by atoms with Crippen LogP contribution in [0.1, 0.15) is 0 Å². The summed E-state index contributed by atoms with van der Waals surface area (Å²) in [6.07, 6.45) is 0. The van der Waals surface area contributed by atoms with Crippen LogP contribution in [0.25, 0.3) is 11.0 Å². The van der Waals surface area contributed by atoms with Crippen molar-refractivity contribution in [3.63, 3.8) is 0 Å². The van der Waals surface area contributed by atoms with Gasteiger partial charge in [0.05, 0.1) is 29.1 Å². The van der Waals surface area contributed by atoms with Crippen LogP contribution in [0.5, 0.6) is 0 Å². The van der Waals surface area contributed by atoms with E-state index in [-0.39, 0.29) is 4.90 Å². The Morgan fingerprint density at radius 2 is 1.84 bits per heavy atom. The highest BCUT2D eigenvalue weighted by molar-refractivity contribution is 7.89. The number of imidazole rings is 1. The fraction of sp³-hybridized carbons (Fsp3) is 0.364. The van der Waals surface area contributed by atoms with E-state index >= 15 is 0 Å². The first-order valence-electron chi connectivity index (χ1n) is 5.87. The molecule has 1 aromatic carbocycles. The minimum Gasteiger partial charge on any atom is -0.379 e. The Labute approximate surface area is 115 Å². The second-order valence-electron chi connectivity index (χ2n) is 4.30. The summed E-state index contributed by atoms with van der Waals surface area (Å²) in [5.41, 5.74) is 1.49. The van der Waals surface area contributed by atoms with Gasteiger partial charge in [0.1, 0.15) is 0 Å². The highest BCUT2D eigenvalue weighted by atomic mass is 32.2. The van der Waals surface area contributed by atoms with Gasteiger partial charge in [-0.2, -0.15) is 4.31 Å². The number of H-pyrrole nitrogens is 2. The van der Waals surface area contributed by atoms with Gasteiger partial charge in [-0.25, -0.2) is 8.42 Å². The van der Waals surface area contributed by atoms with Crippen molar-refractivity contribution in [3.8, 4) is 0 Å². The summed E-state index contributed by atoms with van der Waals surface area (Å²) in [6, 6.07) is 4.91. The Balaban J connectivity index is 2.04. The summed E-state index contributed by atoms with van der Waals surface area (Å²) in [5, 5.41) is 0. The van der Waals surface area contributed by atoms with Crippen LogP contribution in [0.15, 0.2) is 23.1 Å². The molecule has 1 aliphatic heterocycles. The number of nitrogens with one attached hydrogen (secondary N) is 2. The lowest BCUT2D eigenvalue weighted by Gasteiger charge is -2.26. The molecule has 2 aromatic rings. The Morgan fingerprint density at radius 3 is 2.58 bits per heavy atom. The molecule has 1 aromatic heterocycles. The molecule has 0 atom stereocenters. The van der Waals surface area contributed by atoms with E-state index in [1.807, 2.05) is 0 Å². The molecule has 8 heteroatoms. The van der Waals surface area contributed by atoms with Crippen molar-refractivity contribution in [2.45, 2.75) is 4.90 Å². The Morgan fingerprint density at radius 1 is 1.16 bits per heavy atom. The molecule has 0 saturated carbocycles. The van der Waals surface area contributed by atoms with Gasteiger partial charge < -0.3 is 14.7 Å². The first kappa shape index (κ1) is 12.8. The minimum atomic E-state index is -3.46. The van der Waals surface area contributed by atoms with Crippen LogP contribution in [0.4, 0.5) is 0 Å². The molecule has 1 fully saturated rings. The Hall–Kier alpha value is -1.22. The van der Waals surface area contributed by atoms with Crippen LogP contribution in [-0.4, -0.2) is 49.0 Å². The average Bonchev–Trinajstić information content (AvgIpc) is 2.78. The van der Waals surface area contributed by atoms with E-state index in [0.717, 1.165) is 5.52 Å². The van der Waals surface area contributed by atoms with E-state index in [2.05, 4.69) is 9.97 Å². The molecule has 6 nitrogen and oxygen atoms in total. The lowest BCUT2D eigenvalue weighted by atomic mass is 10.3. The zero-order valence-corrected chi connectivity index (χ0v) is 11.7. The topological polar surface area (TPSA) is 78.2 Å². The summed E-state index contributed by atoms with van der Waals surface area (Å²) in [7, 11) is -3.46. The lowest BCUT2D eigenvalue weighted by molar-refractivity contribution is 0.0730. The molecule has 19 heavy (non-hydrogen) atoms. The number of benzene rings is 1. The molecule has 2 N–H and O–H groups in total. The number of fused-ring (bicyclic) bond motifs is 1. The summed E-state index contributed by atoms with van der Waals surface area (Å²) >= 11 is 4.99. The van der Waals surface area contributed by atoms with Gasteiger partial charge in [0.15, 0.2) is 4.77 Å². The maximum atomic E-state index is 12.5. The lowest BCUT2D eigenvalue weighted by Crippen LogP contribution is -2.40. The van der Waals surface area contributed by atoms with Crippen molar-refractivity contribution < 1.29 is 13.2 Å². The fourth-order valence-electron chi connectivity index (χ4n) is 2.11. The second-order valence-corrected chi connectivity index (χ2v) is 6.65. The van der Waals surface area contributed by atoms with Gasteiger partial charge >= 0.3 is 0 Å². The van der Waals surface area contributed by atoms with Gasteiger partial charge in [-0.3, -0.25) is 0 Å². The normalized spacial score (nSPS) is 17.9. The SMILES string of the molecule is O=S(=O)(c1ccc2[nH]c(=S)[nH]c2c1)N1CCOCC1. The predicted octanol–water partition coefficient (Wildman–Crippen LogP) is 1.25. The third kappa shape index (κ3) is 2.32. The number of aromatic amines is 2. The number of rotatable bonds is 2. The minimum absolute atomic E-state index is 0.271. The average molecular weight is 299 g/mol. The van der Waals surface area contributed by atoms with Gasteiger partial charge in [0, 0.05) is 13.1 Å². The predicted molar refractivity (Wildman–Crippen MR) is 73.1 cm³/mol. The largest absolute Gasteiger partial charge is 0.379 e. The molecule has 0 aliphatic carbocycles. The summed E-state index contributed by atoms with van der Waals surface area (Å²) in [5.74, 6) is 0. The summed E-state index contributed by atoms with van der Waals surface area (Å²) in [4.78, 5) is 6.14. The Bertz CT molecular complexity index is 757. The van der Waals surface area contributed by atoms with Crippen molar-refractivity contribution in [1.29, 1.82) is 0 Å². The molecule has 0 bridgehead atoms.